The fourth-order valence-corrected chi connectivity index (χ4v) is 4.31. The maximum atomic E-state index is 14.6. The predicted octanol–water partition coefficient (Wildman–Crippen LogP) is 4.03. The van der Waals surface area contributed by atoms with Crippen molar-refractivity contribution in [2.45, 2.75) is 24.2 Å². The quantitative estimate of drug-likeness (QED) is 0.662. The molecule has 30 heavy (non-hydrogen) atoms. The second-order valence-electron chi connectivity index (χ2n) is 7.56. The summed E-state index contributed by atoms with van der Waals surface area (Å²) in [6, 6.07) is 16.5. The van der Waals surface area contributed by atoms with Crippen LogP contribution in [-0.2, 0) is 27.5 Å². The molecule has 5 nitrogen and oxygen atoms in total. The number of aromatic amines is 1. The Balaban J connectivity index is 1.87. The molecule has 2 heterocycles. The summed E-state index contributed by atoms with van der Waals surface area (Å²) >= 11 is 0. The van der Waals surface area contributed by atoms with Crippen molar-refractivity contribution < 1.29 is 23.0 Å². The topological polar surface area (TPSA) is 77.9 Å². The van der Waals surface area contributed by atoms with Gasteiger partial charge in [-0.25, -0.2) is 9.74 Å². The molecule has 1 aliphatic rings. The molecule has 0 radical (unpaired) electrons. The van der Waals surface area contributed by atoms with E-state index in [9.17, 15) is 23.4 Å². The zero-order chi connectivity index (χ0) is 21.4. The van der Waals surface area contributed by atoms with Gasteiger partial charge in [0.2, 0.25) is 0 Å². The van der Waals surface area contributed by atoms with E-state index in [1.165, 1.54) is 0 Å². The van der Waals surface area contributed by atoms with Gasteiger partial charge in [-0.2, -0.15) is 14.0 Å². The monoisotopic (exact) mass is 413 g/mol. The highest BCUT2D eigenvalue weighted by Gasteiger charge is 2.48. The van der Waals surface area contributed by atoms with Gasteiger partial charge < -0.3 is 10.3 Å². The van der Waals surface area contributed by atoms with E-state index in [-0.39, 0.29) is 16.3 Å². The Morgan fingerprint density at radius 3 is 2.63 bits per heavy atom. The molecule has 8 heteroatoms. The first-order chi connectivity index (χ1) is 14.4. The summed E-state index contributed by atoms with van der Waals surface area (Å²) < 4.78 is 41.5. The molecular formula is C22H18F3N3O2. The van der Waals surface area contributed by atoms with Crippen LogP contribution in [0.25, 0.3) is 10.9 Å². The number of hydrogen-bond acceptors (Lipinski definition) is 4. The van der Waals surface area contributed by atoms with Crippen LogP contribution in [0.3, 0.4) is 0 Å². The molecule has 0 amide bonds. The lowest BCUT2D eigenvalue weighted by Gasteiger charge is -2.29. The molecule has 0 aliphatic carbocycles. The highest BCUT2D eigenvalue weighted by molar-refractivity contribution is 5.93. The molecule has 1 unspecified atom stereocenters. The van der Waals surface area contributed by atoms with E-state index in [2.05, 4.69) is 15.2 Å². The van der Waals surface area contributed by atoms with Gasteiger partial charge in [0, 0.05) is 27.4 Å². The number of rotatable bonds is 5. The van der Waals surface area contributed by atoms with Crippen molar-refractivity contribution in [3.8, 4) is 6.07 Å². The van der Waals surface area contributed by atoms with E-state index in [0.29, 0.717) is 13.0 Å². The summed E-state index contributed by atoms with van der Waals surface area (Å²) in [6.07, 6.45) is 1.49. The summed E-state index contributed by atoms with van der Waals surface area (Å²) in [6.45, 7) is 1.43. The highest BCUT2D eigenvalue weighted by atomic mass is 19.3. The third kappa shape index (κ3) is 3.21. The number of H-pyrrole nitrogens is 1. The molecule has 2 aromatic carbocycles. The first kappa shape index (κ1) is 20.0. The average molecular weight is 413 g/mol. The number of alkyl halides is 2. The standard InChI is InChI=1S/C22H18F3N3O2/c23-22(24,20(29)30-25)19-16-10-15(6-7-17(16)28-18(19)12-26)21(8-9-27-13-21)11-14-4-2-1-3-5-14/h1-7,10,27-28H,8-9,11,13H2. The van der Waals surface area contributed by atoms with Crippen molar-refractivity contribution in [1.82, 2.24) is 10.3 Å². The fraction of sp³-hybridized carbons (Fsp3) is 0.273. The molecule has 2 N–H and O–H groups in total. The number of hydrogen-bond donors (Lipinski definition) is 2. The molecule has 0 bridgehead atoms. The molecule has 1 fully saturated rings. The van der Waals surface area contributed by atoms with Gasteiger partial charge in [0.15, 0.2) is 0 Å². The molecule has 1 aromatic heterocycles. The highest BCUT2D eigenvalue weighted by Crippen LogP contribution is 2.41. The summed E-state index contributed by atoms with van der Waals surface area (Å²) in [5, 5.41) is 12.6. The lowest BCUT2D eigenvalue weighted by atomic mass is 9.74. The second-order valence-corrected chi connectivity index (χ2v) is 7.56. The van der Waals surface area contributed by atoms with Crippen LogP contribution in [0, 0.1) is 11.3 Å². The van der Waals surface area contributed by atoms with E-state index < -0.39 is 23.1 Å². The fourth-order valence-electron chi connectivity index (χ4n) is 4.31. The van der Waals surface area contributed by atoms with Crippen molar-refractivity contribution in [2.24, 2.45) is 0 Å². The number of nitrogens with zero attached hydrogens (tertiary/aromatic N) is 1. The van der Waals surface area contributed by atoms with Gasteiger partial charge in [-0.05, 0) is 42.6 Å². The predicted molar refractivity (Wildman–Crippen MR) is 103 cm³/mol. The molecule has 1 saturated heterocycles. The van der Waals surface area contributed by atoms with Crippen LogP contribution in [-0.4, -0.2) is 24.0 Å². The SMILES string of the molecule is N#Cc1[nH]c2ccc(C3(Cc4ccccc4)CCNC3)cc2c1C(F)(F)C(=O)OF. The maximum Gasteiger partial charge on any atom is 0.422 e. The Hall–Kier alpha value is -3.31. The molecule has 0 saturated carbocycles. The van der Waals surface area contributed by atoms with Gasteiger partial charge in [0.05, 0.1) is 5.56 Å². The zero-order valence-corrected chi connectivity index (χ0v) is 15.8. The normalized spacial score (nSPS) is 19.0. The van der Waals surface area contributed by atoms with Crippen molar-refractivity contribution in [2.75, 3.05) is 13.1 Å². The lowest BCUT2D eigenvalue weighted by molar-refractivity contribution is -0.213. The van der Waals surface area contributed by atoms with E-state index in [0.717, 1.165) is 24.1 Å². The number of nitrogens with one attached hydrogen (secondary N) is 2. The van der Waals surface area contributed by atoms with E-state index >= 15 is 0 Å². The van der Waals surface area contributed by atoms with Gasteiger partial charge in [-0.3, -0.25) is 0 Å². The molecule has 3 aromatic rings. The first-order valence-corrected chi connectivity index (χ1v) is 9.43. The van der Waals surface area contributed by atoms with Crippen LogP contribution in [0.2, 0.25) is 0 Å². The summed E-state index contributed by atoms with van der Waals surface area (Å²) in [5.74, 6) is -6.66. The van der Waals surface area contributed by atoms with Crippen molar-refractivity contribution in [3.05, 3.63) is 70.9 Å². The second kappa shape index (κ2) is 7.50. The van der Waals surface area contributed by atoms with Crippen LogP contribution in [0.4, 0.5) is 13.3 Å². The summed E-state index contributed by atoms with van der Waals surface area (Å²) in [7, 11) is 0. The van der Waals surface area contributed by atoms with Crippen LogP contribution >= 0.6 is 0 Å². The average Bonchev–Trinajstić information content (AvgIpc) is 3.38. The van der Waals surface area contributed by atoms with Crippen LogP contribution in [0.1, 0.15) is 28.8 Å². The van der Waals surface area contributed by atoms with Crippen molar-refractivity contribution >= 4 is 16.9 Å². The van der Waals surface area contributed by atoms with Crippen LogP contribution in [0.15, 0.2) is 48.5 Å². The lowest BCUT2D eigenvalue weighted by Crippen LogP contribution is -2.31. The Bertz CT molecular complexity index is 1130. The summed E-state index contributed by atoms with van der Waals surface area (Å²) in [5.41, 5.74) is 0.465. The molecule has 154 valence electrons. The minimum atomic E-state index is -4.31. The maximum absolute atomic E-state index is 14.6. The van der Waals surface area contributed by atoms with Crippen molar-refractivity contribution in [3.63, 3.8) is 0 Å². The third-order valence-corrected chi connectivity index (χ3v) is 5.79. The van der Waals surface area contributed by atoms with Gasteiger partial charge >= 0.3 is 11.9 Å². The van der Waals surface area contributed by atoms with Gasteiger partial charge in [-0.1, -0.05) is 36.4 Å². The van der Waals surface area contributed by atoms with E-state index in [4.69, 9.17) is 0 Å². The van der Waals surface area contributed by atoms with Crippen LogP contribution < -0.4 is 5.32 Å². The van der Waals surface area contributed by atoms with Gasteiger partial charge in [-0.15, -0.1) is 0 Å². The number of aromatic nitrogens is 1. The smallest absolute Gasteiger partial charge is 0.346 e. The Morgan fingerprint density at radius 2 is 2.00 bits per heavy atom. The molecular weight excluding hydrogens is 395 g/mol. The molecule has 0 spiro atoms. The minimum absolute atomic E-state index is 0.00112. The molecule has 1 atom stereocenters. The number of halogens is 3. The number of fused-ring (bicyclic) bond motifs is 1. The zero-order valence-electron chi connectivity index (χ0n) is 15.8. The largest absolute Gasteiger partial charge is 0.422 e. The first-order valence-electron chi connectivity index (χ1n) is 9.43. The number of benzene rings is 2. The summed E-state index contributed by atoms with van der Waals surface area (Å²) in [4.78, 5) is 16.8. The van der Waals surface area contributed by atoms with Crippen LogP contribution in [0.5, 0.6) is 0 Å². The van der Waals surface area contributed by atoms with Gasteiger partial charge in [0.1, 0.15) is 11.8 Å². The molecule has 1 aliphatic heterocycles. The van der Waals surface area contributed by atoms with E-state index in [1.807, 2.05) is 36.4 Å². The Morgan fingerprint density at radius 1 is 1.23 bits per heavy atom. The Labute approximate surface area is 170 Å². The van der Waals surface area contributed by atoms with E-state index in [1.54, 1.807) is 18.2 Å². The Kier molecular flexibility index (Phi) is 5.00. The number of carbonyl (C=O) groups excluding carboxylic acids is 1. The third-order valence-electron chi connectivity index (χ3n) is 5.79. The molecule has 4 rings (SSSR count). The van der Waals surface area contributed by atoms with Gasteiger partial charge in [0.25, 0.3) is 0 Å². The number of carbonyl (C=O) groups is 1. The minimum Gasteiger partial charge on any atom is -0.346 e. The number of nitriles is 1. The van der Waals surface area contributed by atoms with Crippen molar-refractivity contribution in [1.29, 1.82) is 5.26 Å².